The van der Waals surface area contributed by atoms with Crippen LogP contribution in [0.15, 0.2) is 0 Å². The molecule has 0 aromatic rings. The quantitative estimate of drug-likeness (QED) is 0.271. The van der Waals surface area contributed by atoms with E-state index >= 15 is 0 Å². The van der Waals surface area contributed by atoms with Gasteiger partial charge in [0.15, 0.2) is 0 Å². The van der Waals surface area contributed by atoms with Crippen molar-refractivity contribution in [3.05, 3.63) is 0 Å². The Balaban J connectivity index is 0. The van der Waals surface area contributed by atoms with Crippen molar-refractivity contribution in [3.63, 3.8) is 0 Å². The van der Waals surface area contributed by atoms with Gasteiger partial charge in [0.1, 0.15) is 0 Å². The third-order valence-corrected chi connectivity index (χ3v) is 0. The molecule has 0 amide bonds. The van der Waals surface area contributed by atoms with Crippen LogP contribution in [0, 0.1) is 0 Å². The summed E-state index contributed by atoms with van der Waals surface area (Å²) in [6.45, 7) is 0. The molecule has 0 aliphatic rings. The van der Waals surface area contributed by atoms with Gasteiger partial charge in [0.25, 0.3) is 0 Å². The van der Waals surface area contributed by atoms with Gasteiger partial charge in [-0.15, -0.1) is 0 Å². The number of halogens is 5. The summed E-state index contributed by atoms with van der Waals surface area (Å²) in [5.41, 5.74) is 0. The van der Waals surface area contributed by atoms with Crippen LogP contribution in [0.3, 0.4) is 0 Å². The number of hydrogen-bond acceptors (Lipinski definition) is 0. The first-order valence-corrected chi connectivity index (χ1v) is 0. The molecule has 0 bridgehead atoms. The molecular weight excluding hydrogens is 204 g/mol. The maximum atomic E-state index is 0. The minimum Gasteiger partial charge on any atom is -1.00 e. The molecule has 0 aliphatic heterocycles. The molecule has 0 fully saturated rings. The van der Waals surface area contributed by atoms with Gasteiger partial charge in [0.2, 0.25) is 0 Å². The largest absolute Gasteiger partial charge is 2.00 e. The van der Waals surface area contributed by atoms with Crippen LogP contribution in [-0.4, -0.2) is 37.7 Å². The Bertz CT molecular complexity index is 16.9. The first-order chi connectivity index (χ1) is 0. The van der Waals surface area contributed by atoms with Crippen molar-refractivity contribution in [2.45, 2.75) is 0 Å². The molecule has 0 N–H and O–H groups in total. The summed E-state index contributed by atoms with van der Waals surface area (Å²) >= 11 is 0. The number of rotatable bonds is 0. The maximum Gasteiger partial charge on any atom is 2.00 e. The van der Waals surface area contributed by atoms with E-state index in [1.807, 2.05) is 0 Å². The number of hydrogen-bond donors (Lipinski definition) is 0. The SMILES string of the molecule is [Ca+2].[F-].[F-].[F-].[F-].[F-].[K+].[Li+].[Na+]. The Labute approximate surface area is 157 Å². The Morgan fingerprint density at radius 2 is 0.556 bits per heavy atom. The van der Waals surface area contributed by atoms with Gasteiger partial charge in [-0.3, -0.25) is 0 Å². The van der Waals surface area contributed by atoms with E-state index in [2.05, 4.69) is 0 Å². The van der Waals surface area contributed by atoms with Crippen LogP contribution in [0.5, 0.6) is 0 Å². The average molecular weight is 204 g/mol. The standard InChI is InChI=1S/Ca.5FH.K.Li.Na/h;5*1H;;;/q+2;;;;;;3*+1/p-5. The molecule has 9 heteroatoms. The van der Waals surface area contributed by atoms with Crippen LogP contribution in [0.4, 0.5) is 0 Å². The van der Waals surface area contributed by atoms with E-state index in [1.165, 1.54) is 0 Å². The zero-order valence-corrected chi connectivity index (χ0v) is 12.9. The summed E-state index contributed by atoms with van der Waals surface area (Å²) in [5, 5.41) is 0. The van der Waals surface area contributed by atoms with Gasteiger partial charge in [0.05, 0.1) is 0 Å². The molecule has 0 nitrogen and oxygen atoms in total. The molecule has 0 unspecified atom stereocenters. The van der Waals surface area contributed by atoms with Crippen LogP contribution in [0.2, 0.25) is 0 Å². The molecule has 0 aromatic carbocycles. The van der Waals surface area contributed by atoms with E-state index in [1.54, 1.807) is 0 Å². The van der Waals surface area contributed by atoms with Crippen molar-refractivity contribution < 1.29 is 123 Å². The first-order valence-electron chi connectivity index (χ1n) is 0. The predicted octanol–water partition coefficient (Wildman–Crippen LogP) is -24.3. The van der Waals surface area contributed by atoms with Crippen LogP contribution in [-0.2, 0) is 0 Å². The molecule has 9 heavy (non-hydrogen) atoms. The van der Waals surface area contributed by atoms with E-state index < -0.39 is 0 Å². The van der Waals surface area contributed by atoms with Crippen molar-refractivity contribution in [2.24, 2.45) is 0 Å². The summed E-state index contributed by atoms with van der Waals surface area (Å²) in [5.74, 6) is 0. The van der Waals surface area contributed by atoms with Gasteiger partial charge in [-0.2, -0.15) is 0 Å². The molecule has 0 heterocycles. The zero-order valence-electron chi connectivity index (χ0n) is 5.60. The summed E-state index contributed by atoms with van der Waals surface area (Å²) in [6, 6.07) is 0. The molecule has 0 saturated heterocycles. The summed E-state index contributed by atoms with van der Waals surface area (Å²) in [4.78, 5) is 0. The Morgan fingerprint density at radius 1 is 0.556 bits per heavy atom. The molecule has 0 aliphatic carbocycles. The van der Waals surface area contributed by atoms with E-state index in [9.17, 15) is 0 Å². The van der Waals surface area contributed by atoms with Crippen molar-refractivity contribution in [1.29, 1.82) is 0 Å². The second kappa shape index (κ2) is 87.8. The van der Waals surface area contributed by atoms with Gasteiger partial charge >= 0.3 is 138 Å². The summed E-state index contributed by atoms with van der Waals surface area (Å²) < 4.78 is 0. The fourth-order valence-electron chi connectivity index (χ4n) is 0. The Kier molecular flexibility index (Phi) is 1100. The second-order valence-corrected chi connectivity index (χ2v) is 0. The fourth-order valence-corrected chi connectivity index (χ4v) is 0. The molecule has 0 radical (unpaired) electrons. The zero-order chi connectivity index (χ0) is 0. The van der Waals surface area contributed by atoms with E-state index in [4.69, 9.17) is 0 Å². The molecule has 0 atom stereocenters. The molecule has 40 valence electrons. The smallest absolute Gasteiger partial charge is 1.00 e. The minimum atomic E-state index is 0. The normalized spacial score (nSPS) is 0. The molecular formula is CaF5KLiNa. The van der Waals surface area contributed by atoms with Crippen LogP contribution in [0.1, 0.15) is 0 Å². The van der Waals surface area contributed by atoms with Crippen LogP contribution in [0.25, 0.3) is 0 Å². The third-order valence-electron chi connectivity index (χ3n) is 0. The monoisotopic (exact) mass is 204 g/mol. The van der Waals surface area contributed by atoms with E-state index in [-0.39, 0.29) is 161 Å². The molecule has 0 aromatic heterocycles. The van der Waals surface area contributed by atoms with Crippen molar-refractivity contribution >= 4 is 37.7 Å². The predicted molar refractivity (Wildman–Crippen MR) is 5.75 cm³/mol. The summed E-state index contributed by atoms with van der Waals surface area (Å²) in [6.07, 6.45) is 0. The van der Waals surface area contributed by atoms with E-state index in [0.29, 0.717) is 0 Å². The van der Waals surface area contributed by atoms with Crippen LogP contribution < -0.4 is 123 Å². The van der Waals surface area contributed by atoms with Gasteiger partial charge < -0.3 is 23.5 Å². The van der Waals surface area contributed by atoms with Gasteiger partial charge in [-0.05, 0) is 0 Å². The van der Waals surface area contributed by atoms with E-state index in [0.717, 1.165) is 0 Å². The molecule has 0 saturated carbocycles. The third kappa shape index (κ3) is 72.8. The summed E-state index contributed by atoms with van der Waals surface area (Å²) in [7, 11) is 0. The topological polar surface area (TPSA) is 0 Å². The van der Waals surface area contributed by atoms with Crippen molar-refractivity contribution in [1.82, 2.24) is 0 Å². The average Bonchev–Trinajstić information content (AvgIpc) is 0. The van der Waals surface area contributed by atoms with Crippen molar-refractivity contribution in [2.75, 3.05) is 0 Å². The van der Waals surface area contributed by atoms with Crippen LogP contribution >= 0.6 is 0 Å². The Hall–Kier alpha value is 4.14. The molecule has 0 spiro atoms. The molecule has 0 rings (SSSR count). The van der Waals surface area contributed by atoms with Gasteiger partial charge in [0, 0.05) is 0 Å². The first kappa shape index (κ1) is 113. The van der Waals surface area contributed by atoms with Gasteiger partial charge in [-0.1, -0.05) is 0 Å². The Morgan fingerprint density at radius 3 is 0.556 bits per heavy atom. The fraction of sp³-hybridized carbons (Fsp3) is 0. The van der Waals surface area contributed by atoms with Gasteiger partial charge in [-0.25, -0.2) is 0 Å². The van der Waals surface area contributed by atoms with Crippen molar-refractivity contribution in [3.8, 4) is 0 Å². The maximum absolute atomic E-state index is 0. The second-order valence-electron chi connectivity index (χ2n) is 0. The minimum absolute atomic E-state index is 0.